The maximum absolute atomic E-state index is 12.4. The van der Waals surface area contributed by atoms with Crippen molar-refractivity contribution in [2.75, 3.05) is 20.2 Å². The first-order valence-corrected chi connectivity index (χ1v) is 8.65. The summed E-state index contributed by atoms with van der Waals surface area (Å²) in [6.07, 6.45) is 0. The third-order valence-corrected chi connectivity index (χ3v) is 4.81. The van der Waals surface area contributed by atoms with Gasteiger partial charge in [-0.1, -0.05) is 12.1 Å². The van der Waals surface area contributed by atoms with Gasteiger partial charge in [0.05, 0.1) is 24.9 Å². The molecule has 0 saturated carbocycles. The minimum atomic E-state index is -0.140. The lowest BCUT2D eigenvalue weighted by Gasteiger charge is -2.42. The van der Waals surface area contributed by atoms with Gasteiger partial charge in [-0.15, -0.1) is 0 Å². The van der Waals surface area contributed by atoms with Gasteiger partial charge in [0.2, 0.25) is 5.91 Å². The zero-order valence-corrected chi connectivity index (χ0v) is 15.3. The van der Waals surface area contributed by atoms with Crippen LogP contribution in [-0.2, 0) is 11.3 Å². The van der Waals surface area contributed by atoms with E-state index in [1.165, 1.54) is 5.69 Å². The Morgan fingerprint density at radius 3 is 2.76 bits per heavy atom. The maximum Gasteiger partial charge on any atom is 0.237 e. The predicted octanol–water partition coefficient (Wildman–Crippen LogP) is 2.07. The lowest BCUT2D eigenvalue weighted by Crippen LogP contribution is -2.56. The Kier molecular flexibility index (Phi) is 5.08. The number of aryl methyl sites for hydroxylation is 2. The van der Waals surface area contributed by atoms with E-state index in [2.05, 4.69) is 33.0 Å². The molecule has 0 unspecified atom stereocenters. The first-order valence-electron chi connectivity index (χ1n) is 8.65. The van der Waals surface area contributed by atoms with Crippen LogP contribution in [0.15, 0.2) is 30.3 Å². The van der Waals surface area contributed by atoms with Crippen LogP contribution in [0.2, 0.25) is 0 Å². The van der Waals surface area contributed by atoms with Gasteiger partial charge in [0.1, 0.15) is 5.75 Å². The van der Waals surface area contributed by atoms with Crippen molar-refractivity contribution in [2.24, 2.45) is 0 Å². The third kappa shape index (κ3) is 3.85. The van der Waals surface area contributed by atoms with E-state index < -0.39 is 0 Å². The number of ether oxygens (including phenoxy) is 1. The molecule has 0 radical (unpaired) electrons. The van der Waals surface area contributed by atoms with Gasteiger partial charge in [0.15, 0.2) is 0 Å². The van der Waals surface area contributed by atoms with E-state index in [0.29, 0.717) is 12.6 Å². The summed E-state index contributed by atoms with van der Waals surface area (Å²) in [5.41, 5.74) is 3.25. The fourth-order valence-corrected chi connectivity index (χ4v) is 3.26. The largest absolute Gasteiger partial charge is 0.497 e. The van der Waals surface area contributed by atoms with E-state index in [0.717, 1.165) is 30.1 Å². The van der Waals surface area contributed by atoms with Gasteiger partial charge in [0.25, 0.3) is 0 Å². The lowest BCUT2D eigenvalue weighted by atomic mass is 10.1. The second kappa shape index (κ2) is 7.27. The highest BCUT2D eigenvalue weighted by molar-refractivity contribution is 5.81. The van der Waals surface area contributed by atoms with E-state index in [1.54, 1.807) is 7.11 Å². The van der Waals surface area contributed by atoms with Crippen molar-refractivity contribution in [2.45, 2.75) is 39.4 Å². The average Bonchev–Trinajstić information content (AvgIpc) is 2.89. The Balaban J connectivity index is 1.49. The third-order valence-electron chi connectivity index (χ3n) is 4.81. The molecule has 6 nitrogen and oxygen atoms in total. The zero-order valence-electron chi connectivity index (χ0n) is 15.3. The zero-order chi connectivity index (χ0) is 18.0. The molecule has 1 aliphatic rings. The molecule has 1 amide bonds. The summed E-state index contributed by atoms with van der Waals surface area (Å²) in [5, 5.41) is 7.55. The highest BCUT2D eigenvalue weighted by atomic mass is 16.5. The number of rotatable bonds is 6. The lowest BCUT2D eigenvalue weighted by molar-refractivity contribution is -0.128. The number of nitrogens with zero attached hydrogens (tertiary/aromatic N) is 3. The van der Waals surface area contributed by atoms with Crippen molar-refractivity contribution in [3.8, 4) is 5.75 Å². The number of methoxy groups -OCH3 is 1. The first kappa shape index (κ1) is 17.5. The van der Waals surface area contributed by atoms with Gasteiger partial charge in [-0.2, -0.15) is 5.10 Å². The van der Waals surface area contributed by atoms with Crippen molar-refractivity contribution in [3.05, 3.63) is 47.3 Å². The summed E-state index contributed by atoms with van der Waals surface area (Å²) in [4.78, 5) is 14.6. The summed E-state index contributed by atoms with van der Waals surface area (Å²) < 4.78 is 7.29. The number of carbonyl (C=O) groups is 1. The standard InChI is InChI=1S/C19H26N4O2/c1-13-8-14(2)23(21-13)17-11-22(12-17)15(3)19(24)20-10-16-6-5-7-18(9-16)25-4/h5-9,15,17H,10-12H2,1-4H3,(H,20,24)/t15-/m0/s1. The second-order valence-electron chi connectivity index (χ2n) is 6.72. The molecule has 25 heavy (non-hydrogen) atoms. The van der Waals surface area contributed by atoms with Crippen molar-refractivity contribution < 1.29 is 9.53 Å². The Bertz CT molecular complexity index is 750. The van der Waals surface area contributed by atoms with Crippen molar-refractivity contribution >= 4 is 5.91 Å². The summed E-state index contributed by atoms with van der Waals surface area (Å²) in [6.45, 7) is 8.26. The molecular weight excluding hydrogens is 316 g/mol. The highest BCUT2D eigenvalue weighted by Crippen LogP contribution is 2.24. The molecular formula is C19H26N4O2. The van der Waals surface area contributed by atoms with Crippen LogP contribution >= 0.6 is 0 Å². The van der Waals surface area contributed by atoms with E-state index in [-0.39, 0.29) is 11.9 Å². The molecule has 3 rings (SSSR count). The first-order chi connectivity index (χ1) is 12.0. The molecule has 2 aromatic rings. The van der Waals surface area contributed by atoms with Crippen molar-refractivity contribution in [1.82, 2.24) is 20.0 Å². The molecule has 1 aromatic heterocycles. The van der Waals surface area contributed by atoms with Gasteiger partial charge in [-0.05, 0) is 44.5 Å². The van der Waals surface area contributed by atoms with Crippen LogP contribution in [0.4, 0.5) is 0 Å². The van der Waals surface area contributed by atoms with Crippen LogP contribution in [0, 0.1) is 13.8 Å². The number of hydrogen-bond acceptors (Lipinski definition) is 4. The second-order valence-corrected chi connectivity index (χ2v) is 6.72. The summed E-state index contributed by atoms with van der Waals surface area (Å²) in [7, 11) is 1.64. The van der Waals surface area contributed by atoms with Gasteiger partial charge in [-0.25, -0.2) is 0 Å². The SMILES string of the molecule is COc1cccc(CNC(=O)[C@H](C)N2CC(n3nc(C)cc3C)C2)c1. The van der Waals surface area contributed by atoms with Gasteiger partial charge in [0, 0.05) is 25.3 Å². The van der Waals surface area contributed by atoms with Crippen LogP contribution in [0.25, 0.3) is 0 Å². The maximum atomic E-state index is 12.4. The average molecular weight is 342 g/mol. The molecule has 134 valence electrons. The van der Waals surface area contributed by atoms with E-state index in [9.17, 15) is 4.79 Å². The minimum absolute atomic E-state index is 0.0506. The fourth-order valence-electron chi connectivity index (χ4n) is 3.26. The van der Waals surface area contributed by atoms with Crippen molar-refractivity contribution in [1.29, 1.82) is 0 Å². The van der Waals surface area contributed by atoms with Crippen LogP contribution in [0.3, 0.4) is 0 Å². The van der Waals surface area contributed by atoms with E-state index in [1.807, 2.05) is 38.1 Å². The Labute approximate surface area is 148 Å². The molecule has 1 fully saturated rings. The molecule has 1 N–H and O–H groups in total. The molecule has 6 heteroatoms. The highest BCUT2D eigenvalue weighted by Gasteiger charge is 2.35. The molecule has 0 bridgehead atoms. The normalized spacial score (nSPS) is 16.3. The summed E-state index contributed by atoms with van der Waals surface area (Å²) >= 11 is 0. The Morgan fingerprint density at radius 1 is 1.36 bits per heavy atom. The van der Waals surface area contributed by atoms with Gasteiger partial charge >= 0.3 is 0 Å². The quantitative estimate of drug-likeness (QED) is 0.873. The van der Waals surface area contributed by atoms with Crippen LogP contribution in [0.5, 0.6) is 5.75 Å². The molecule has 1 atom stereocenters. The van der Waals surface area contributed by atoms with E-state index >= 15 is 0 Å². The molecule has 2 heterocycles. The molecule has 1 saturated heterocycles. The molecule has 0 spiro atoms. The number of benzene rings is 1. The number of amides is 1. The van der Waals surface area contributed by atoms with Gasteiger partial charge < -0.3 is 10.1 Å². The summed E-state index contributed by atoms with van der Waals surface area (Å²) in [5.74, 6) is 0.852. The van der Waals surface area contributed by atoms with Crippen LogP contribution < -0.4 is 10.1 Å². The Morgan fingerprint density at radius 2 is 2.12 bits per heavy atom. The smallest absolute Gasteiger partial charge is 0.237 e. The van der Waals surface area contributed by atoms with Crippen molar-refractivity contribution in [3.63, 3.8) is 0 Å². The number of carbonyl (C=O) groups excluding carboxylic acids is 1. The predicted molar refractivity (Wildman–Crippen MR) is 96.6 cm³/mol. The molecule has 0 aliphatic carbocycles. The molecule has 1 aromatic carbocycles. The fraction of sp³-hybridized carbons (Fsp3) is 0.474. The number of likely N-dealkylation sites (tertiary alicyclic amines) is 1. The number of aromatic nitrogens is 2. The number of nitrogens with one attached hydrogen (secondary N) is 1. The minimum Gasteiger partial charge on any atom is -0.497 e. The monoisotopic (exact) mass is 342 g/mol. The molecule has 1 aliphatic heterocycles. The topological polar surface area (TPSA) is 59.4 Å². The van der Waals surface area contributed by atoms with Gasteiger partial charge in [-0.3, -0.25) is 14.4 Å². The van der Waals surface area contributed by atoms with E-state index in [4.69, 9.17) is 4.74 Å². The Hall–Kier alpha value is -2.34. The summed E-state index contributed by atoms with van der Waals surface area (Å²) in [6, 6.07) is 10.1. The van der Waals surface area contributed by atoms with Crippen LogP contribution in [-0.4, -0.2) is 46.8 Å². The number of hydrogen-bond donors (Lipinski definition) is 1. The van der Waals surface area contributed by atoms with Crippen LogP contribution in [0.1, 0.15) is 29.9 Å².